The Morgan fingerprint density at radius 2 is 2.14 bits per heavy atom. The molecule has 0 aliphatic carbocycles. The number of nitrogens with zero attached hydrogens (tertiary/aromatic N) is 2. The SMILES string of the molecule is CC(C)(C)C(=O)Oc1nccc(O)n1. The van der Waals surface area contributed by atoms with Gasteiger partial charge >= 0.3 is 12.0 Å². The van der Waals surface area contributed by atoms with Crippen LogP contribution in [0.2, 0.25) is 0 Å². The monoisotopic (exact) mass is 196 g/mol. The normalized spacial score (nSPS) is 11.1. The van der Waals surface area contributed by atoms with Crippen molar-refractivity contribution in [3.8, 4) is 11.9 Å². The van der Waals surface area contributed by atoms with E-state index in [1.807, 2.05) is 0 Å². The van der Waals surface area contributed by atoms with Crippen LogP contribution in [0.25, 0.3) is 0 Å². The van der Waals surface area contributed by atoms with Crippen LogP contribution in [-0.2, 0) is 4.79 Å². The maximum atomic E-state index is 11.4. The van der Waals surface area contributed by atoms with Crippen LogP contribution in [0.5, 0.6) is 11.9 Å². The van der Waals surface area contributed by atoms with E-state index in [1.54, 1.807) is 20.8 Å². The molecule has 76 valence electrons. The van der Waals surface area contributed by atoms with E-state index in [4.69, 9.17) is 9.84 Å². The molecule has 1 aromatic rings. The molecule has 0 aliphatic rings. The summed E-state index contributed by atoms with van der Waals surface area (Å²) in [6.45, 7) is 5.16. The maximum absolute atomic E-state index is 11.4. The van der Waals surface area contributed by atoms with Crippen molar-refractivity contribution < 1.29 is 14.6 Å². The van der Waals surface area contributed by atoms with Gasteiger partial charge in [0.05, 0.1) is 5.41 Å². The first-order valence-electron chi connectivity index (χ1n) is 4.14. The Hall–Kier alpha value is -1.65. The fraction of sp³-hybridized carbons (Fsp3) is 0.444. The average molecular weight is 196 g/mol. The summed E-state index contributed by atoms with van der Waals surface area (Å²) in [4.78, 5) is 18.6. The van der Waals surface area contributed by atoms with Crippen molar-refractivity contribution in [2.75, 3.05) is 0 Å². The molecule has 14 heavy (non-hydrogen) atoms. The number of carbonyl (C=O) groups is 1. The van der Waals surface area contributed by atoms with Gasteiger partial charge < -0.3 is 9.84 Å². The third-order valence-electron chi connectivity index (χ3n) is 1.42. The lowest BCUT2D eigenvalue weighted by atomic mass is 9.98. The van der Waals surface area contributed by atoms with Crippen LogP contribution in [0.1, 0.15) is 20.8 Å². The molecule has 1 heterocycles. The highest BCUT2D eigenvalue weighted by molar-refractivity contribution is 5.77. The van der Waals surface area contributed by atoms with Gasteiger partial charge in [0.25, 0.3) is 0 Å². The summed E-state index contributed by atoms with van der Waals surface area (Å²) in [5.74, 6) is -0.667. The second-order valence-electron chi connectivity index (χ2n) is 3.84. The lowest BCUT2D eigenvalue weighted by Crippen LogP contribution is -2.26. The van der Waals surface area contributed by atoms with Crippen LogP contribution >= 0.6 is 0 Å². The van der Waals surface area contributed by atoms with E-state index in [2.05, 4.69) is 9.97 Å². The fourth-order valence-electron chi connectivity index (χ4n) is 0.617. The first-order valence-corrected chi connectivity index (χ1v) is 4.14. The van der Waals surface area contributed by atoms with Crippen molar-refractivity contribution in [1.82, 2.24) is 9.97 Å². The summed E-state index contributed by atoms with van der Waals surface area (Å²) in [5.41, 5.74) is -0.616. The molecule has 5 heteroatoms. The van der Waals surface area contributed by atoms with Gasteiger partial charge in [-0.05, 0) is 20.8 Å². The molecule has 0 bridgehead atoms. The second kappa shape index (κ2) is 3.61. The minimum atomic E-state index is -0.616. The number of hydrogen-bond donors (Lipinski definition) is 1. The topological polar surface area (TPSA) is 72.3 Å². The number of aromatic hydroxyl groups is 1. The van der Waals surface area contributed by atoms with Gasteiger partial charge in [-0.25, -0.2) is 4.98 Å². The molecule has 0 unspecified atom stereocenters. The Balaban J connectivity index is 2.75. The van der Waals surface area contributed by atoms with Gasteiger partial charge in [0.2, 0.25) is 5.88 Å². The molecule has 0 aromatic carbocycles. The number of hydrogen-bond acceptors (Lipinski definition) is 5. The van der Waals surface area contributed by atoms with E-state index in [-0.39, 0.29) is 11.9 Å². The van der Waals surface area contributed by atoms with Crippen LogP contribution in [-0.4, -0.2) is 21.0 Å². The van der Waals surface area contributed by atoms with Crippen LogP contribution in [0.15, 0.2) is 12.3 Å². The zero-order chi connectivity index (χ0) is 10.8. The molecule has 0 radical (unpaired) electrons. The Labute approximate surface area is 81.8 Å². The molecule has 1 rings (SSSR count). The Morgan fingerprint density at radius 1 is 1.50 bits per heavy atom. The summed E-state index contributed by atoms with van der Waals surface area (Å²) in [7, 11) is 0. The maximum Gasteiger partial charge on any atom is 0.327 e. The zero-order valence-electron chi connectivity index (χ0n) is 8.31. The largest absolute Gasteiger partial charge is 0.493 e. The zero-order valence-corrected chi connectivity index (χ0v) is 8.31. The van der Waals surface area contributed by atoms with Crippen molar-refractivity contribution in [3.63, 3.8) is 0 Å². The third-order valence-corrected chi connectivity index (χ3v) is 1.42. The molecule has 1 N–H and O–H groups in total. The molecule has 0 aliphatic heterocycles. The molecule has 5 nitrogen and oxygen atoms in total. The second-order valence-corrected chi connectivity index (χ2v) is 3.84. The molecule has 0 atom stereocenters. The quantitative estimate of drug-likeness (QED) is 0.682. The number of aromatic nitrogens is 2. The van der Waals surface area contributed by atoms with Gasteiger partial charge in [0.15, 0.2) is 0 Å². The summed E-state index contributed by atoms with van der Waals surface area (Å²) < 4.78 is 4.84. The van der Waals surface area contributed by atoms with Crippen molar-refractivity contribution in [2.45, 2.75) is 20.8 Å². The minimum absolute atomic E-state index is 0.134. The van der Waals surface area contributed by atoms with Crippen molar-refractivity contribution in [3.05, 3.63) is 12.3 Å². The third kappa shape index (κ3) is 2.69. The molecule has 0 saturated heterocycles. The minimum Gasteiger partial charge on any atom is -0.493 e. The predicted octanol–water partition coefficient (Wildman–Crippen LogP) is 1.13. The van der Waals surface area contributed by atoms with Gasteiger partial charge in [0, 0.05) is 12.3 Å². The smallest absolute Gasteiger partial charge is 0.327 e. The van der Waals surface area contributed by atoms with Gasteiger partial charge in [-0.15, -0.1) is 0 Å². The average Bonchev–Trinajstić information content (AvgIpc) is 2.02. The number of ether oxygens (including phenoxy) is 1. The Bertz CT molecular complexity index is 344. The number of esters is 1. The lowest BCUT2D eigenvalue weighted by molar-refractivity contribution is -0.143. The van der Waals surface area contributed by atoms with Gasteiger partial charge in [-0.3, -0.25) is 4.79 Å². The number of rotatable bonds is 1. The molecule has 0 amide bonds. The number of carbonyl (C=O) groups excluding carboxylic acids is 1. The van der Waals surface area contributed by atoms with E-state index in [0.29, 0.717) is 0 Å². The molecular formula is C9H12N2O3. The molecule has 1 aromatic heterocycles. The van der Waals surface area contributed by atoms with E-state index >= 15 is 0 Å². The lowest BCUT2D eigenvalue weighted by Gasteiger charge is -2.14. The Kier molecular flexibility index (Phi) is 2.69. The molecule has 0 spiro atoms. The van der Waals surface area contributed by atoms with E-state index < -0.39 is 11.4 Å². The highest BCUT2D eigenvalue weighted by atomic mass is 16.6. The Morgan fingerprint density at radius 3 is 2.64 bits per heavy atom. The summed E-state index contributed by atoms with van der Waals surface area (Å²) >= 11 is 0. The van der Waals surface area contributed by atoms with Crippen molar-refractivity contribution >= 4 is 5.97 Å². The highest BCUT2D eigenvalue weighted by Crippen LogP contribution is 2.17. The van der Waals surface area contributed by atoms with E-state index in [0.717, 1.165) is 0 Å². The predicted molar refractivity (Wildman–Crippen MR) is 48.8 cm³/mol. The summed E-state index contributed by atoms with van der Waals surface area (Å²) in [5, 5.41) is 8.99. The van der Waals surface area contributed by atoms with Crippen molar-refractivity contribution in [1.29, 1.82) is 0 Å². The van der Waals surface area contributed by atoms with Crippen LogP contribution in [0.3, 0.4) is 0 Å². The van der Waals surface area contributed by atoms with Crippen LogP contribution in [0, 0.1) is 5.41 Å². The molecule has 0 saturated carbocycles. The van der Waals surface area contributed by atoms with Crippen LogP contribution < -0.4 is 4.74 Å². The standard InChI is InChI=1S/C9H12N2O3/c1-9(2,3)7(13)14-8-10-5-4-6(12)11-8/h4-5H,1-3H3,(H,10,11,12). The highest BCUT2D eigenvalue weighted by Gasteiger charge is 2.24. The first-order chi connectivity index (χ1) is 6.39. The molecule has 0 fully saturated rings. The van der Waals surface area contributed by atoms with Crippen molar-refractivity contribution in [2.24, 2.45) is 5.41 Å². The van der Waals surface area contributed by atoms with E-state index in [9.17, 15) is 4.79 Å². The summed E-state index contributed by atoms with van der Waals surface area (Å²) in [6.07, 6.45) is 1.31. The fourth-order valence-corrected chi connectivity index (χ4v) is 0.617. The van der Waals surface area contributed by atoms with Crippen LogP contribution in [0.4, 0.5) is 0 Å². The van der Waals surface area contributed by atoms with E-state index in [1.165, 1.54) is 12.3 Å². The first kappa shape index (κ1) is 10.4. The summed E-state index contributed by atoms with van der Waals surface area (Å²) in [6, 6.07) is 1.17. The van der Waals surface area contributed by atoms with Gasteiger partial charge in [-0.2, -0.15) is 4.98 Å². The van der Waals surface area contributed by atoms with Gasteiger partial charge in [0.1, 0.15) is 0 Å². The van der Waals surface area contributed by atoms with Gasteiger partial charge in [-0.1, -0.05) is 0 Å². The molecular weight excluding hydrogens is 184 g/mol.